The van der Waals surface area contributed by atoms with E-state index in [2.05, 4.69) is 10.1 Å². The number of hydrogen-bond donors (Lipinski definition) is 0. The SMILES string of the molecule is ClCc1cc(-c2ccc(OCc3ccncc3)cc2)no1. The smallest absolute Gasteiger partial charge is 0.152 e. The zero-order chi connectivity index (χ0) is 14.5. The van der Waals surface area contributed by atoms with Gasteiger partial charge in [0, 0.05) is 24.0 Å². The maximum absolute atomic E-state index is 5.72. The molecular weight excluding hydrogens is 288 g/mol. The largest absolute Gasteiger partial charge is 0.489 e. The molecule has 2 aromatic heterocycles. The number of alkyl halides is 1. The highest BCUT2D eigenvalue weighted by molar-refractivity contribution is 6.16. The molecule has 2 heterocycles. The highest BCUT2D eigenvalue weighted by atomic mass is 35.5. The summed E-state index contributed by atoms with van der Waals surface area (Å²) in [6.45, 7) is 0.516. The minimum atomic E-state index is 0.320. The number of halogens is 1. The van der Waals surface area contributed by atoms with Gasteiger partial charge < -0.3 is 9.26 Å². The molecule has 106 valence electrons. The lowest BCUT2D eigenvalue weighted by molar-refractivity contribution is 0.306. The van der Waals surface area contributed by atoms with E-state index in [-0.39, 0.29) is 0 Å². The second-order valence-corrected chi connectivity index (χ2v) is 4.75. The van der Waals surface area contributed by atoms with Gasteiger partial charge in [0.2, 0.25) is 0 Å². The zero-order valence-corrected chi connectivity index (χ0v) is 12.0. The molecule has 0 unspecified atom stereocenters. The Morgan fingerprint density at radius 3 is 2.48 bits per heavy atom. The summed E-state index contributed by atoms with van der Waals surface area (Å²) in [4.78, 5) is 3.97. The van der Waals surface area contributed by atoms with Gasteiger partial charge in [-0.2, -0.15) is 0 Å². The maximum atomic E-state index is 5.72. The Kier molecular flexibility index (Phi) is 4.17. The van der Waals surface area contributed by atoms with Crippen molar-refractivity contribution >= 4 is 11.6 Å². The molecule has 0 saturated carbocycles. The van der Waals surface area contributed by atoms with Crippen LogP contribution in [0.5, 0.6) is 5.75 Å². The normalized spacial score (nSPS) is 10.5. The van der Waals surface area contributed by atoms with Gasteiger partial charge >= 0.3 is 0 Å². The Morgan fingerprint density at radius 2 is 1.81 bits per heavy atom. The summed E-state index contributed by atoms with van der Waals surface area (Å²) in [6, 6.07) is 13.4. The van der Waals surface area contributed by atoms with E-state index < -0.39 is 0 Å². The Balaban J connectivity index is 1.66. The molecule has 21 heavy (non-hydrogen) atoms. The number of ether oxygens (including phenoxy) is 1. The van der Waals surface area contributed by atoms with Crippen LogP contribution in [0.15, 0.2) is 59.4 Å². The third kappa shape index (κ3) is 3.41. The summed E-state index contributed by atoms with van der Waals surface area (Å²) in [6.07, 6.45) is 3.50. The molecule has 3 aromatic rings. The standard InChI is InChI=1S/C16H13ClN2O2/c17-10-15-9-16(19-21-15)13-1-3-14(4-2-13)20-11-12-5-7-18-8-6-12/h1-9H,10-11H2. The number of hydrogen-bond acceptors (Lipinski definition) is 4. The zero-order valence-electron chi connectivity index (χ0n) is 11.2. The first-order chi connectivity index (χ1) is 10.3. The molecule has 0 saturated heterocycles. The molecule has 0 N–H and O–H groups in total. The van der Waals surface area contributed by atoms with Gasteiger partial charge in [0.1, 0.15) is 18.1 Å². The van der Waals surface area contributed by atoms with Gasteiger partial charge in [0.05, 0.1) is 5.88 Å². The quantitative estimate of drug-likeness (QED) is 0.667. The van der Waals surface area contributed by atoms with Crippen molar-refractivity contribution in [2.75, 3.05) is 0 Å². The summed E-state index contributed by atoms with van der Waals surface area (Å²) in [5, 5.41) is 3.97. The molecule has 0 aliphatic heterocycles. The Bertz CT molecular complexity index is 696. The summed E-state index contributed by atoms with van der Waals surface area (Å²) in [7, 11) is 0. The summed E-state index contributed by atoms with van der Waals surface area (Å²) in [5.41, 5.74) is 2.81. The molecule has 0 spiro atoms. The lowest BCUT2D eigenvalue weighted by Crippen LogP contribution is -1.95. The second-order valence-electron chi connectivity index (χ2n) is 4.48. The molecule has 0 aliphatic rings. The van der Waals surface area contributed by atoms with E-state index in [1.807, 2.05) is 42.5 Å². The second kappa shape index (κ2) is 6.41. The molecule has 0 atom stereocenters. The van der Waals surface area contributed by atoms with E-state index >= 15 is 0 Å². The molecular formula is C16H13ClN2O2. The van der Waals surface area contributed by atoms with Crippen LogP contribution in [0.1, 0.15) is 11.3 Å². The monoisotopic (exact) mass is 300 g/mol. The van der Waals surface area contributed by atoms with E-state index in [9.17, 15) is 0 Å². The molecule has 4 nitrogen and oxygen atoms in total. The van der Waals surface area contributed by atoms with E-state index in [4.69, 9.17) is 20.9 Å². The highest BCUT2D eigenvalue weighted by Gasteiger charge is 2.06. The third-order valence-electron chi connectivity index (χ3n) is 3.00. The van der Waals surface area contributed by atoms with Gasteiger partial charge in [-0.3, -0.25) is 4.98 Å². The molecule has 0 aliphatic carbocycles. The van der Waals surface area contributed by atoms with Crippen molar-refractivity contribution in [3.8, 4) is 17.0 Å². The van der Waals surface area contributed by atoms with Crippen LogP contribution < -0.4 is 4.74 Å². The topological polar surface area (TPSA) is 48.2 Å². The molecule has 0 radical (unpaired) electrons. The van der Waals surface area contributed by atoms with Crippen molar-refractivity contribution in [1.82, 2.24) is 10.1 Å². The molecule has 3 rings (SSSR count). The van der Waals surface area contributed by atoms with Crippen molar-refractivity contribution in [2.45, 2.75) is 12.5 Å². The number of rotatable bonds is 5. The fourth-order valence-corrected chi connectivity index (χ4v) is 2.01. The van der Waals surface area contributed by atoms with E-state index in [0.29, 0.717) is 18.2 Å². The van der Waals surface area contributed by atoms with Crippen LogP contribution in [-0.2, 0) is 12.5 Å². The van der Waals surface area contributed by atoms with Crippen LogP contribution in [0, 0.1) is 0 Å². The fourth-order valence-electron chi connectivity index (χ4n) is 1.88. The number of benzene rings is 1. The van der Waals surface area contributed by atoms with E-state index in [1.54, 1.807) is 12.4 Å². The molecule has 0 amide bonds. The van der Waals surface area contributed by atoms with Crippen LogP contribution in [0.4, 0.5) is 0 Å². The van der Waals surface area contributed by atoms with Gasteiger partial charge in [-0.15, -0.1) is 11.6 Å². The van der Waals surface area contributed by atoms with Crippen molar-refractivity contribution in [3.05, 3.63) is 66.2 Å². The predicted molar refractivity (Wildman–Crippen MR) is 80.1 cm³/mol. The van der Waals surface area contributed by atoms with Crippen LogP contribution in [-0.4, -0.2) is 10.1 Å². The van der Waals surface area contributed by atoms with Gasteiger partial charge in [-0.1, -0.05) is 5.16 Å². The van der Waals surface area contributed by atoms with E-state index in [1.165, 1.54) is 0 Å². The Hall–Kier alpha value is -2.33. The lowest BCUT2D eigenvalue weighted by Gasteiger charge is -2.06. The van der Waals surface area contributed by atoms with Crippen molar-refractivity contribution < 1.29 is 9.26 Å². The molecule has 0 fully saturated rings. The van der Waals surface area contributed by atoms with Crippen LogP contribution in [0.2, 0.25) is 0 Å². The highest BCUT2D eigenvalue weighted by Crippen LogP contribution is 2.23. The number of aromatic nitrogens is 2. The molecule has 1 aromatic carbocycles. The van der Waals surface area contributed by atoms with Crippen molar-refractivity contribution in [1.29, 1.82) is 0 Å². The van der Waals surface area contributed by atoms with Crippen molar-refractivity contribution in [3.63, 3.8) is 0 Å². The van der Waals surface area contributed by atoms with Crippen LogP contribution >= 0.6 is 11.6 Å². The average Bonchev–Trinajstić information content (AvgIpc) is 3.03. The van der Waals surface area contributed by atoms with Crippen molar-refractivity contribution in [2.24, 2.45) is 0 Å². The number of nitrogens with zero attached hydrogens (tertiary/aromatic N) is 2. The maximum Gasteiger partial charge on any atom is 0.152 e. The Morgan fingerprint density at radius 1 is 1.05 bits per heavy atom. The molecule has 5 heteroatoms. The third-order valence-corrected chi connectivity index (χ3v) is 3.26. The minimum absolute atomic E-state index is 0.320. The first kappa shape index (κ1) is 13.6. The molecule has 0 bridgehead atoms. The first-order valence-electron chi connectivity index (χ1n) is 6.49. The van der Waals surface area contributed by atoms with Crippen LogP contribution in [0.3, 0.4) is 0 Å². The summed E-state index contributed by atoms with van der Waals surface area (Å²) in [5.74, 6) is 1.78. The minimum Gasteiger partial charge on any atom is -0.489 e. The summed E-state index contributed by atoms with van der Waals surface area (Å²) < 4.78 is 10.8. The Labute approximate surface area is 127 Å². The predicted octanol–water partition coefficient (Wildman–Crippen LogP) is 4.05. The van der Waals surface area contributed by atoms with Gasteiger partial charge in [0.15, 0.2) is 5.76 Å². The van der Waals surface area contributed by atoms with Gasteiger partial charge in [0.25, 0.3) is 0 Å². The van der Waals surface area contributed by atoms with Gasteiger partial charge in [-0.05, 0) is 42.0 Å². The summed E-state index contributed by atoms with van der Waals surface area (Å²) >= 11 is 5.69. The van der Waals surface area contributed by atoms with E-state index in [0.717, 1.165) is 22.6 Å². The van der Waals surface area contributed by atoms with Crippen LogP contribution in [0.25, 0.3) is 11.3 Å². The fraction of sp³-hybridized carbons (Fsp3) is 0.125. The lowest BCUT2D eigenvalue weighted by atomic mass is 10.1. The average molecular weight is 301 g/mol. The van der Waals surface area contributed by atoms with Gasteiger partial charge in [-0.25, -0.2) is 0 Å². The first-order valence-corrected chi connectivity index (χ1v) is 7.02. The number of pyridine rings is 1.